The summed E-state index contributed by atoms with van der Waals surface area (Å²) in [6, 6.07) is 0.0372. The Morgan fingerprint density at radius 2 is 2.22 bits per heavy atom. The van der Waals surface area contributed by atoms with Gasteiger partial charge in [-0.25, -0.2) is 14.8 Å². The molecule has 1 aromatic heterocycles. The summed E-state index contributed by atoms with van der Waals surface area (Å²) in [5, 5.41) is 0.252. The van der Waals surface area contributed by atoms with E-state index in [1.54, 1.807) is 0 Å². The summed E-state index contributed by atoms with van der Waals surface area (Å²) < 4.78 is 10.5. The third-order valence-electron chi connectivity index (χ3n) is 5.01. The molecule has 2 N–H and O–H groups in total. The molecule has 0 amide bonds. The number of ether oxygens (including phenoxy) is 2. The third kappa shape index (κ3) is 2.88. The first-order chi connectivity index (χ1) is 11.0. The summed E-state index contributed by atoms with van der Waals surface area (Å²) in [5.41, 5.74) is 6.52. The van der Waals surface area contributed by atoms with Crippen molar-refractivity contribution in [2.75, 3.05) is 31.7 Å². The highest BCUT2D eigenvalue weighted by Crippen LogP contribution is 2.42. The lowest BCUT2D eigenvalue weighted by atomic mass is 9.73. The Kier molecular flexibility index (Phi) is 4.44. The zero-order chi connectivity index (χ0) is 16.6. The van der Waals surface area contributed by atoms with Gasteiger partial charge in [0.25, 0.3) is 0 Å². The Morgan fingerprint density at radius 3 is 2.78 bits per heavy atom. The molecule has 0 aliphatic carbocycles. The van der Waals surface area contributed by atoms with Gasteiger partial charge in [0.05, 0.1) is 26.0 Å². The molecule has 7 nitrogen and oxygen atoms in total. The summed E-state index contributed by atoms with van der Waals surface area (Å²) in [6.07, 6.45) is 3.20. The second-order valence-electron chi connectivity index (χ2n) is 6.25. The second-order valence-corrected chi connectivity index (χ2v) is 6.64. The number of nitrogens with two attached hydrogens (primary N) is 1. The standard InChI is InChI=1S/C15H21ClN4O3/c1-9-12(17)15(8-23-9)3-5-20(6-4-15)13-11(14(21)22-2)18-7-10(16)19-13/h7,9,12H,3-6,8,17H2,1-2H3/t9-,12+/m0/s1. The Bertz CT molecular complexity index is 604. The van der Waals surface area contributed by atoms with Gasteiger partial charge in [-0.2, -0.15) is 0 Å². The Balaban J connectivity index is 1.80. The van der Waals surface area contributed by atoms with Crippen LogP contribution in [0, 0.1) is 5.41 Å². The van der Waals surface area contributed by atoms with E-state index in [-0.39, 0.29) is 28.4 Å². The highest BCUT2D eigenvalue weighted by Gasteiger charge is 2.47. The number of carbonyl (C=O) groups is 1. The van der Waals surface area contributed by atoms with E-state index in [4.69, 9.17) is 26.8 Å². The number of anilines is 1. The van der Waals surface area contributed by atoms with E-state index in [1.165, 1.54) is 13.3 Å². The van der Waals surface area contributed by atoms with Gasteiger partial charge >= 0.3 is 5.97 Å². The van der Waals surface area contributed by atoms with E-state index in [1.807, 2.05) is 11.8 Å². The van der Waals surface area contributed by atoms with Crippen molar-refractivity contribution >= 4 is 23.4 Å². The van der Waals surface area contributed by atoms with Gasteiger partial charge in [0.15, 0.2) is 11.5 Å². The third-order valence-corrected chi connectivity index (χ3v) is 5.19. The van der Waals surface area contributed by atoms with Gasteiger partial charge < -0.3 is 20.1 Å². The molecule has 2 fully saturated rings. The fourth-order valence-corrected chi connectivity index (χ4v) is 3.59. The molecule has 0 aromatic carbocycles. The van der Waals surface area contributed by atoms with Crippen LogP contribution in [0.25, 0.3) is 0 Å². The highest BCUT2D eigenvalue weighted by atomic mass is 35.5. The van der Waals surface area contributed by atoms with E-state index in [9.17, 15) is 4.79 Å². The lowest BCUT2D eigenvalue weighted by molar-refractivity contribution is 0.0593. The van der Waals surface area contributed by atoms with Crippen molar-refractivity contribution in [3.05, 3.63) is 17.0 Å². The highest BCUT2D eigenvalue weighted by molar-refractivity contribution is 6.29. The monoisotopic (exact) mass is 340 g/mol. The molecule has 2 saturated heterocycles. The first kappa shape index (κ1) is 16.4. The van der Waals surface area contributed by atoms with Gasteiger partial charge in [-0.05, 0) is 19.8 Å². The Morgan fingerprint density at radius 1 is 1.52 bits per heavy atom. The number of aromatic nitrogens is 2. The van der Waals surface area contributed by atoms with E-state index < -0.39 is 5.97 Å². The molecule has 2 atom stereocenters. The van der Waals surface area contributed by atoms with Crippen LogP contribution in [0.15, 0.2) is 6.20 Å². The van der Waals surface area contributed by atoms with Crippen molar-refractivity contribution in [2.45, 2.75) is 31.9 Å². The minimum absolute atomic E-state index is 0.00729. The molecule has 3 heterocycles. The van der Waals surface area contributed by atoms with Crippen LogP contribution in [0.5, 0.6) is 0 Å². The molecule has 2 aliphatic rings. The van der Waals surface area contributed by atoms with Crippen molar-refractivity contribution < 1.29 is 14.3 Å². The summed E-state index contributed by atoms with van der Waals surface area (Å²) in [4.78, 5) is 22.3. The maximum absolute atomic E-state index is 11.9. The zero-order valence-corrected chi connectivity index (χ0v) is 14.0. The number of hydrogen-bond donors (Lipinski definition) is 1. The molecule has 0 bridgehead atoms. The zero-order valence-electron chi connectivity index (χ0n) is 13.3. The molecule has 0 saturated carbocycles. The van der Waals surface area contributed by atoms with Crippen molar-refractivity contribution in [1.29, 1.82) is 0 Å². The van der Waals surface area contributed by atoms with Crippen LogP contribution in [-0.2, 0) is 9.47 Å². The molecule has 0 unspecified atom stereocenters. The molecule has 3 rings (SSSR count). The molecular formula is C15H21ClN4O3. The summed E-state index contributed by atoms with van der Waals surface area (Å²) >= 11 is 5.95. The largest absolute Gasteiger partial charge is 0.464 e. The average molecular weight is 341 g/mol. The topological polar surface area (TPSA) is 90.6 Å². The van der Waals surface area contributed by atoms with Crippen LogP contribution < -0.4 is 10.6 Å². The lowest BCUT2D eigenvalue weighted by Gasteiger charge is -2.41. The second kappa shape index (κ2) is 6.22. The van der Waals surface area contributed by atoms with Gasteiger partial charge in [0.1, 0.15) is 5.15 Å². The summed E-state index contributed by atoms with van der Waals surface area (Å²) in [7, 11) is 1.32. The normalized spacial score (nSPS) is 26.5. The first-order valence-corrected chi connectivity index (χ1v) is 8.07. The van der Waals surface area contributed by atoms with Gasteiger partial charge in [-0.3, -0.25) is 0 Å². The first-order valence-electron chi connectivity index (χ1n) is 7.70. The summed E-state index contributed by atoms with van der Waals surface area (Å²) in [5.74, 6) is -0.0429. The molecule has 2 aliphatic heterocycles. The van der Waals surface area contributed by atoms with Gasteiger partial charge in [0, 0.05) is 24.5 Å². The number of esters is 1. The molecule has 23 heavy (non-hydrogen) atoms. The quantitative estimate of drug-likeness (QED) is 0.810. The fraction of sp³-hybridized carbons (Fsp3) is 0.667. The molecule has 1 aromatic rings. The predicted octanol–water partition coefficient (Wildman–Crippen LogP) is 1.25. The van der Waals surface area contributed by atoms with Crippen molar-refractivity contribution in [3.8, 4) is 0 Å². The number of hydrogen-bond acceptors (Lipinski definition) is 7. The van der Waals surface area contributed by atoms with E-state index in [0.29, 0.717) is 12.4 Å². The van der Waals surface area contributed by atoms with Crippen LogP contribution in [0.4, 0.5) is 5.82 Å². The average Bonchev–Trinajstić information content (AvgIpc) is 2.84. The number of carbonyl (C=O) groups excluding carboxylic acids is 1. The van der Waals surface area contributed by atoms with Gasteiger partial charge in [-0.1, -0.05) is 11.6 Å². The number of piperidine rings is 1. The minimum atomic E-state index is -0.515. The fourth-order valence-electron chi connectivity index (χ4n) is 3.46. The van der Waals surface area contributed by atoms with E-state index in [0.717, 1.165) is 25.9 Å². The smallest absolute Gasteiger partial charge is 0.360 e. The Labute approximate surface area is 140 Å². The van der Waals surface area contributed by atoms with Crippen molar-refractivity contribution in [2.24, 2.45) is 11.1 Å². The van der Waals surface area contributed by atoms with Gasteiger partial charge in [-0.15, -0.1) is 0 Å². The van der Waals surface area contributed by atoms with Crippen LogP contribution in [0.3, 0.4) is 0 Å². The Hall–Kier alpha value is -1.44. The maximum Gasteiger partial charge on any atom is 0.360 e. The molecule has 1 spiro atoms. The number of nitrogens with zero attached hydrogens (tertiary/aromatic N) is 3. The predicted molar refractivity (Wildman–Crippen MR) is 85.7 cm³/mol. The van der Waals surface area contributed by atoms with Crippen molar-refractivity contribution in [3.63, 3.8) is 0 Å². The summed E-state index contributed by atoms with van der Waals surface area (Å²) in [6.45, 7) is 4.16. The van der Waals surface area contributed by atoms with Crippen LogP contribution in [-0.4, -0.2) is 54.9 Å². The molecule has 126 valence electrons. The molecule has 8 heteroatoms. The number of halogens is 1. The van der Waals surface area contributed by atoms with Crippen LogP contribution in [0.1, 0.15) is 30.3 Å². The number of methoxy groups -OCH3 is 1. The van der Waals surface area contributed by atoms with Crippen molar-refractivity contribution in [1.82, 2.24) is 9.97 Å². The SMILES string of the molecule is COC(=O)c1ncc(Cl)nc1N1CCC2(CC1)CO[C@@H](C)[C@H]2N. The van der Waals surface area contributed by atoms with Crippen LogP contribution >= 0.6 is 11.6 Å². The van der Waals surface area contributed by atoms with Crippen LogP contribution in [0.2, 0.25) is 5.15 Å². The minimum Gasteiger partial charge on any atom is -0.464 e. The maximum atomic E-state index is 11.9. The van der Waals surface area contributed by atoms with E-state index >= 15 is 0 Å². The van der Waals surface area contributed by atoms with E-state index in [2.05, 4.69) is 9.97 Å². The molecular weight excluding hydrogens is 320 g/mol. The van der Waals surface area contributed by atoms with Gasteiger partial charge in [0.2, 0.25) is 0 Å². The number of rotatable bonds is 2. The lowest BCUT2D eigenvalue weighted by Crippen LogP contribution is -2.51. The molecule has 0 radical (unpaired) electrons.